The fourth-order valence-corrected chi connectivity index (χ4v) is 2.13. The average Bonchev–Trinajstić information content (AvgIpc) is 3.11. The highest BCUT2D eigenvalue weighted by atomic mass is 16.5. The van der Waals surface area contributed by atoms with Gasteiger partial charge in [-0.15, -0.1) is 0 Å². The number of anilines is 1. The quantitative estimate of drug-likeness (QED) is 0.851. The first-order valence-corrected chi connectivity index (χ1v) is 6.59. The Balaban J connectivity index is 1.56. The van der Waals surface area contributed by atoms with Gasteiger partial charge in [0.2, 0.25) is 5.91 Å². The Hall–Kier alpha value is -1.55. The Morgan fingerprint density at radius 3 is 2.61 bits per heavy atom. The molecule has 1 aliphatic carbocycles. The number of nitrogens with one attached hydrogen (secondary N) is 2. The fourth-order valence-electron chi connectivity index (χ4n) is 2.13. The maximum Gasteiger partial charge on any atom is 0.227 e. The summed E-state index contributed by atoms with van der Waals surface area (Å²) >= 11 is 0. The van der Waals surface area contributed by atoms with Crippen molar-refractivity contribution in [2.24, 2.45) is 5.92 Å². The molecule has 1 atom stereocenters. The molecule has 18 heavy (non-hydrogen) atoms. The van der Waals surface area contributed by atoms with Crippen molar-refractivity contribution in [2.75, 3.05) is 18.4 Å². The molecule has 1 heterocycles. The van der Waals surface area contributed by atoms with E-state index >= 15 is 0 Å². The van der Waals surface area contributed by atoms with Crippen molar-refractivity contribution in [3.05, 3.63) is 24.3 Å². The Bertz CT molecular complexity index is 420. The van der Waals surface area contributed by atoms with Gasteiger partial charge in [0.25, 0.3) is 0 Å². The number of rotatable bonds is 4. The molecule has 1 amide bonds. The van der Waals surface area contributed by atoms with E-state index in [-0.39, 0.29) is 17.9 Å². The molecule has 0 bridgehead atoms. The van der Waals surface area contributed by atoms with Crippen molar-refractivity contribution in [2.45, 2.75) is 25.4 Å². The molecule has 2 fully saturated rings. The minimum absolute atomic E-state index is 0.142. The lowest BCUT2D eigenvalue weighted by atomic mass is 10.2. The van der Waals surface area contributed by atoms with E-state index in [0.717, 1.165) is 43.8 Å². The molecule has 4 nitrogen and oxygen atoms in total. The normalized spacial score (nSPS) is 22.8. The Labute approximate surface area is 107 Å². The van der Waals surface area contributed by atoms with Gasteiger partial charge in [-0.3, -0.25) is 4.79 Å². The maximum absolute atomic E-state index is 11.6. The van der Waals surface area contributed by atoms with Gasteiger partial charge in [-0.25, -0.2) is 0 Å². The highest BCUT2D eigenvalue weighted by Crippen LogP contribution is 2.30. The minimum Gasteiger partial charge on any atom is -0.489 e. The maximum atomic E-state index is 11.6. The number of amides is 1. The molecule has 4 heteroatoms. The van der Waals surface area contributed by atoms with Crippen LogP contribution in [0.2, 0.25) is 0 Å². The number of carbonyl (C=O) groups is 1. The fraction of sp³-hybridized carbons (Fsp3) is 0.500. The van der Waals surface area contributed by atoms with Crippen LogP contribution in [0.4, 0.5) is 5.69 Å². The van der Waals surface area contributed by atoms with E-state index in [4.69, 9.17) is 4.74 Å². The first-order chi connectivity index (χ1) is 8.81. The van der Waals surface area contributed by atoms with Crippen LogP contribution >= 0.6 is 0 Å². The summed E-state index contributed by atoms with van der Waals surface area (Å²) in [5, 5.41) is 6.19. The van der Waals surface area contributed by atoms with Crippen LogP contribution in [0, 0.1) is 5.92 Å². The van der Waals surface area contributed by atoms with Crippen LogP contribution in [0.25, 0.3) is 0 Å². The van der Waals surface area contributed by atoms with E-state index in [1.165, 1.54) is 0 Å². The van der Waals surface area contributed by atoms with Crippen LogP contribution in [0.1, 0.15) is 19.3 Å². The van der Waals surface area contributed by atoms with E-state index in [1.807, 2.05) is 24.3 Å². The SMILES string of the molecule is O=C(Nc1ccc(O[C@@H]2CCNC2)cc1)C1CC1. The van der Waals surface area contributed by atoms with Gasteiger partial charge < -0.3 is 15.4 Å². The lowest BCUT2D eigenvalue weighted by Gasteiger charge is -2.12. The van der Waals surface area contributed by atoms with Crippen LogP contribution in [-0.2, 0) is 4.79 Å². The molecule has 1 saturated carbocycles. The summed E-state index contributed by atoms with van der Waals surface area (Å²) in [6.07, 6.45) is 3.39. The summed E-state index contributed by atoms with van der Waals surface area (Å²) in [7, 11) is 0. The Morgan fingerprint density at radius 2 is 2.00 bits per heavy atom. The van der Waals surface area contributed by atoms with Crippen molar-refractivity contribution in [1.29, 1.82) is 0 Å². The van der Waals surface area contributed by atoms with E-state index in [1.54, 1.807) is 0 Å². The lowest BCUT2D eigenvalue weighted by Crippen LogP contribution is -2.19. The summed E-state index contributed by atoms with van der Waals surface area (Å²) in [6.45, 7) is 1.94. The molecule has 1 aromatic rings. The first kappa shape index (κ1) is 11.5. The van der Waals surface area contributed by atoms with Gasteiger partial charge in [0.15, 0.2) is 0 Å². The molecule has 2 N–H and O–H groups in total. The molecule has 1 aliphatic heterocycles. The van der Waals surface area contributed by atoms with Gasteiger partial charge in [-0.2, -0.15) is 0 Å². The number of hydrogen-bond donors (Lipinski definition) is 2. The van der Waals surface area contributed by atoms with Gasteiger partial charge in [0.05, 0.1) is 0 Å². The summed E-state index contributed by atoms with van der Waals surface area (Å²) in [5.41, 5.74) is 0.851. The third-order valence-corrected chi connectivity index (χ3v) is 3.39. The molecular weight excluding hydrogens is 228 g/mol. The second kappa shape index (κ2) is 4.98. The molecule has 0 unspecified atom stereocenters. The summed E-state index contributed by atoms with van der Waals surface area (Å²) < 4.78 is 5.82. The summed E-state index contributed by atoms with van der Waals surface area (Å²) in [4.78, 5) is 11.6. The van der Waals surface area contributed by atoms with Crippen molar-refractivity contribution < 1.29 is 9.53 Å². The number of ether oxygens (including phenoxy) is 1. The molecule has 0 radical (unpaired) electrons. The Morgan fingerprint density at radius 1 is 1.22 bits per heavy atom. The minimum atomic E-state index is 0.142. The van der Waals surface area contributed by atoms with Gasteiger partial charge in [-0.1, -0.05) is 0 Å². The molecule has 1 aromatic carbocycles. The monoisotopic (exact) mass is 246 g/mol. The zero-order valence-corrected chi connectivity index (χ0v) is 10.3. The van der Waals surface area contributed by atoms with E-state index in [2.05, 4.69) is 10.6 Å². The van der Waals surface area contributed by atoms with Crippen LogP contribution in [0.3, 0.4) is 0 Å². The van der Waals surface area contributed by atoms with E-state index in [0.29, 0.717) is 0 Å². The van der Waals surface area contributed by atoms with E-state index in [9.17, 15) is 4.79 Å². The van der Waals surface area contributed by atoms with Crippen LogP contribution in [0.15, 0.2) is 24.3 Å². The summed E-state index contributed by atoms with van der Waals surface area (Å²) in [5.74, 6) is 1.25. The van der Waals surface area contributed by atoms with Crippen LogP contribution in [-0.4, -0.2) is 25.1 Å². The van der Waals surface area contributed by atoms with E-state index < -0.39 is 0 Å². The predicted molar refractivity (Wildman–Crippen MR) is 69.7 cm³/mol. The van der Waals surface area contributed by atoms with Crippen molar-refractivity contribution in [3.8, 4) is 5.75 Å². The number of benzene rings is 1. The highest BCUT2D eigenvalue weighted by Gasteiger charge is 2.29. The van der Waals surface area contributed by atoms with Gasteiger partial charge in [0.1, 0.15) is 11.9 Å². The second-order valence-electron chi connectivity index (χ2n) is 5.02. The molecule has 1 saturated heterocycles. The largest absolute Gasteiger partial charge is 0.489 e. The van der Waals surface area contributed by atoms with Crippen LogP contribution in [0.5, 0.6) is 5.75 Å². The van der Waals surface area contributed by atoms with Gasteiger partial charge >= 0.3 is 0 Å². The lowest BCUT2D eigenvalue weighted by molar-refractivity contribution is -0.117. The molecule has 0 aromatic heterocycles. The van der Waals surface area contributed by atoms with Crippen molar-refractivity contribution in [1.82, 2.24) is 5.32 Å². The molecule has 96 valence electrons. The third-order valence-electron chi connectivity index (χ3n) is 3.39. The standard InChI is InChI=1S/C14H18N2O2/c17-14(10-1-2-10)16-11-3-5-12(6-4-11)18-13-7-8-15-9-13/h3-6,10,13,15H,1-2,7-9H2,(H,16,17)/t13-/m1/s1. The first-order valence-electron chi connectivity index (χ1n) is 6.59. The summed E-state index contributed by atoms with van der Waals surface area (Å²) in [6, 6.07) is 7.64. The molecule has 3 rings (SSSR count). The zero-order valence-electron chi connectivity index (χ0n) is 10.3. The zero-order chi connectivity index (χ0) is 12.4. The molecule has 2 aliphatic rings. The number of hydrogen-bond acceptors (Lipinski definition) is 3. The van der Waals surface area contributed by atoms with Crippen molar-refractivity contribution in [3.63, 3.8) is 0 Å². The average molecular weight is 246 g/mol. The smallest absolute Gasteiger partial charge is 0.227 e. The van der Waals surface area contributed by atoms with Crippen LogP contribution < -0.4 is 15.4 Å². The molecular formula is C14H18N2O2. The van der Waals surface area contributed by atoms with Gasteiger partial charge in [-0.05, 0) is 50.1 Å². The van der Waals surface area contributed by atoms with Crippen molar-refractivity contribution >= 4 is 11.6 Å². The second-order valence-corrected chi connectivity index (χ2v) is 5.02. The van der Waals surface area contributed by atoms with Gasteiger partial charge in [0, 0.05) is 18.2 Å². The highest BCUT2D eigenvalue weighted by molar-refractivity contribution is 5.94. The number of carbonyl (C=O) groups excluding carboxylic acids is 1. The predicted octanol–water partition coefficient (Wildman–Crippen LogP) is 1.78. The topological polar surface area (TPSA) is 50.4 Å². The Kier molecular flexibility index (Phi) is 3.19. The third kappa shape index (κ3) is 2.82. The molecule has 0 spiro atoms.